The second kappa shape index (κ2) is 15.2. The summed E-state index contributed by atoms with van der Waals surface area (Å²) in [5.41, 5.74) is 4.40. The average molecular weight is 596 g/mol. The molecule has 1 aliphatic heterocycles. The van der Waals surface area contributed by atoms with E-state index in [0.717, 1.165) is 42.9 Å². The van der Waals surface area contributed by atoms with Crippen molar-refractivity contribution < 1.29 is 24.2 Å². The quantitative estimate of drug-likeness (QED) is 0.260. The normalized spacial score (nSPS) is 14.3. The number of hydrogen-bond donors (Lipinski definition) is 4. The number of carbonyl (C=O) groups is 3. The number of methoxy groups -OCH3 is 1. The van der Waals surface area contributed by atoms with E-state index in [0.29, 0.717) is 22.8 Å². The minimum Gasteiger partial charge on any atom is -0.495 e. The summed E-state index contributed by atoms with van der Waals surface area (Å²) in [5, 5.41) is 18.0. The number of amides is 3. The van der Waals surface area contributed by atoms with E-state index in [1.54, 1.807) is 30.3 Å². The molecule has 0 bridgehead atoms. The molecular weight excluding hydrogens is 558 g/mol. The highest BCUT2D eigenvalue weighted by Gasteiger charge is 2.26. The molecule has 0 spiro atoms. The van der Waals surface area contributed by atoms with Crippen LogP contribution in [0.4, 0.5) is 21.9 Å². The molecule has 1 heterocycles. The Morgan fingerprint density at radius 1 is 0.905 bits per heavy atom. The Morgan fingerprint density at radius 2 is 1.57 bits per heavy atom. The molecule has 0 aliphatic carbocycles. The van der Waals surface area contributed by atoms with Crippen molar-refractivity contribution in [1.29, 1.82) is 0 Å². The van der Waals surface area contributed by atoms with Crippen LogP contribution in [0.1, 0.15) is 29.2 Å². The van der Waals surface area contributed by atoms with Crippen molar-refractivity contribution in [2.75, 3.05) is 56.3 Å². The lowest BCUT2D eigenvalue weighted by atomic mass is 10.0. The van der Waals surface area contributed by atoms with Gasteiger partial charge < -0.3 is 30.7 Å². The molecule has 0 aromatic heterocycles. The van der Waals surface area contributed by atoms with E-state index in [2.05, 4.69) is 32.8 Å². The van der Waals surface area contributed by atoms with Gasteiger partial charge in [0.2, 0.25) is 5.91 Å². The third-order valence-corrected chi connectivity index (χ3v) is 7.20. The van der Waals surface area contributed by atoms with Crippen LogP contribution in [-0.2, 0) is 16.0 Å². The molecular formula is C31H38ClN5O5. The number of aliphatic carboxylic acids is 1. The number of halogens is 1. The number of carboxylic acid groups (broad SMARTS) is 1. The van der Waals surface area contributed by atoms with Crippen molar-refractivity contribution in [3.05, 3.63) is 83.4 Å². The number of likely N-dealkylation sites (N-methyl/N-ethyl adjacent to an activating group) is 1. The molecule has 4 N–H and O–H groups in total. The first-order valence-corrected chi connectivity index (χ1v) is 13.6. The molecule has 11 heteroatoms. The lowest BCUT2D eigenvalue weighted by Gasteiger charge is -2.37. The highest BCUT2D eigenvalue weighted by Crippen LogP contribution is 2.28. The van der Waals surface area contributed by atoms with Gasteiger partial charge in [-0.25, -0.2) is 4.79 Å². The lowest BCUT2D eigenvalue weighted by molar-refractivity contribution is -0.138. The Hall–Kier alpha value is -4.12. The molecule has 10 nitrogen and oxygen atoms in total. The summed E-state index contributed by atoms with van der Waals surface area (Å²) in [6.45, 7) is 5.32. The van der Waals surface area contributed by atoms with Crippen LogP contribution in [-0.4, -0.2) is 73.2 Å². The maximum absolute atomic E-state index is 12.8. The molecule has 3 aromatic carbocycles. The number of carbonyl (C=O) groups excluding carboxylic acids is 2. The number of piperazine rings is 1. The lowest BCUT2D eigenvalue weighted by Crippen LogP contribution is -2.46. The Morgan fingerprint density at radius 3 is 2.21 bits per heavy atom. The molecule has 4 rings (SSSR count). The Labute approximate surface area is 252 Å². The summed E-state index contributed by atoms with van der Waals surface area (Å²) in [4.78, 5) is 41.3. The molecule has 1 fully saturated rings. The van der Waals surface area contributed by atoms with Crippen LogP contribution in [0.25, 0.3) is 0 Å². The number of nitrogens with one attached hydrogen (secondary N) is 3. The third-order valence-electron chi connectivity index (χ3n) is 7.20. The van der Waals surface area contributed by atoms with Gasteiger partial charge in [-0.05, 0) is 61.0 Å². The zero-order valence-electron chi connectivity index (χ0n) is 24.1. The smallest absolute Gasteiger partial charge is 0.323 e. The van der Waals surface area contributed by atoms with Crippen LogP contribution < -0.4 is 20.7 Å². The van der Waals surface area contributed by atoms with E-state index in [1.165, 1.54) is 7.11 Å². The highest BCUT2D eigenvalue weighted by atomic mass is 35.5. The zero-order chi connectivity index (χ0) is 29.4. The van der Waals surface area contributed by atoms with Gasteiger partial charge in [-0.3, -0.25) is 14.5 Å². The van der Waals surface area contributed by atoms with Crippen molar-refractivity contribution in [3.63, 3.8) is 0 Å². The molecule has 224 valence electrons. The van der Waals surface area contributed by atoms with Crippen molar-refractivity contribution in [1.82, 2.24) is 9.80 Å². The predicted octanol–water partition coefficient (Wildman–Crippen LogP) is 5.01. The fraction of sp³-hybridized carbons (Fsp3) is 0.323. The van der Waals surface area contributed by atoms with E-state index >= 15 is 0 Å². The third kappa shape index (κ3) is 8.94. The molecule has 0 radical (unpaired) electrons. The number of hydrogen-bond acceptors (Lipinski definition) is 6. The van der Waals surface area contributed by atoms with Crippen molar-refractivity contribution >= 4 is 47.4 Å². The number of nitrogens with zero attached hydrogens (tertiary/aromatic N) is 2. The van der Waals surface area contributed by atoms with Gasteiger partial charge >= 0.3 is 12.0 Å². The molecule has 42 heavy (non-hydrogen) atoms. The maximum atomic E-state index is 12.8. The monoisotopic (exact) mass is 595 g/mol. The molecule has 3 amide bonds. The molecule has 1 saturated heterocycles. The van der Waals surface area contributed by atoms with Crippen LogP contribution in [0.2, 0.25) is 0 Å². The Bertz CT molecular complexity index is 1380. The van der Waals surface area contributed by atoms with Gasteiger partial charge in [-0.1, -0.05) is 36.4 Å². The van der Waals surface area contributed by atoms with Crippen LogP contribution in [0.3, 0.4) is 0 Å². The number of urea groups is 1. The molecule has 1 atom stereocenters. The van der Waals surface area contributed by atoms with Crippen molar-refractivity contribution in [2.24, 2.45) is 0 Å². The summed E-state index contributed by atoms with van der Waals surface area (Å²) in [5.74, 6) is -0.609. The largest absolute Gasteiger partial charge is 0.495 e. The van der Waals surface area contributed by atoms with Gasteiger partial charge in [0.1, 0.15) is 5.75 Å². The fourth-order valence-electron chi connectivity index (χ4n) is 4.87. The first-order chi connectivity index (χ1) is 19.7. The summed E-state index contributed by atoms with van der Waals surface area (Å²) >= 11 is 0. The van der Waals surface area contributed by atoms with Gasteiger partial charge in [-0.15, -0.1) is 12.4 Å². The first-order valence-electron chi connectivity index (χ1n) is 13.6. The predicted molar refractivity (Wildman–Crippen MR) is 167 cm³/mol. The van der Waals surface area contributed by atoms with Gasteiger partial charge in [0.25, 0.3) is 0 Å². The second-order valence-electron chi connectivity index (χ2n) is 10.2. The van der Waals surface area contributed by atoms with Crippen molar-refractivity contribution in [2.45, 2.75) is 25.8 Å². The summed E-state index contributed by atoms with van der Waals surface area (Å²) in [6, 6.07) is 19.4. The van der Waals surface area contributed by atoms with Crippen molar-refractivity contribution in [3.8, 4) is 5.75 Å². The van der Waals surface area contributed by atoms with Crippen LogP contribution in [0.5, 0.6) is 5.75 Å². The number of benzene rings is 3. The number of aryl methyl sites for hydroxylation is 1. The van der Waals surface area contributed by atoms with Crippen LogP contribution in [0.15, 0.2) is 66.7 Å². The Balaban J connectivity index is 0.00000484. The van der Waals surface area contributed by atoms with E-state index in [-0.39, 0.29) is 37.2 Å². The molecule has 0 saturated carbocycles. The summed E-state index contributed by atoms with van der Waals surface area (Å²) < 4.78 is 5.46. The van der Waals surface area contributed by atoms with Gasteiger partial charge in [0.15, 0.2) is 0 Å². The maximum Gasteiger partial charge on any atom is 0.323 e. The first kappa shape index (κ1) is 32.4. The molecule has 1 aliphatic rings. The number of ether oxygens (including phenoxy) is 1. The van der Waals surface area contributed by atoms with E-state index in [1.807, 2.05) is 43.3 Å². The van der Waals surface area contributed by atoms with Crippen LogP contribution in [0, 0.1) is 6.92 Å². The summed E-state index contributed by atoms with van der Waals surface area (Å²) in [7, 11) is 3.57. The Kier molecular flexibility index (Phi) is 11.7. The molecule has 3 aromatic rings. The zero-order valence-corrected chi connectivity index (χ0v) is 24.9. The average Bonchev–Trinajstić information content (AvgIpc) is 2.94. The van der Waals surface area contributed by atoms with E-state index in [9.17, 15) is 19.5 Å². The minimum atomic E-state index is -0.838. The topological polar surface area (TPSA) is 123 Å². The van der Waals surface area contributed by atoms with Gasteiger partial charge in [-0.2, -0.15) is 0 Å². The fourth-order valence-corrected chi connectivity index (χ4v) is 4.87. The summed E-state index contributed by atoms with van der Waals surface area (Å²) in [6.07, 6.45) is 0.131. The second-order valence-corrected chi connectivity index (χ2v) is 10.2. The molecule has 1 unspecified atom stereocenters. The van der Waals surface area contributed by atoms with Gasteiger partial charge in [0, 0.05) is 43.6 Å². The minimum absolute atomic E-state index is 0. The number of anilines is 3. The number of rotatable bonds is 10. The van der Waals surface area contributed by atoms with Crippen LogP contribution >= 0.6 is 12.4 Å². The van der Waals surface area contributed by atoms with E-state index in [4.69, 9.17) is 4.74 Å². The number of para-hydroxylation sites is 1. The standard InChI is InChI=1S/C31H37N5O5.ClH/c1-21-6-4-5-7-25(21)33-31(40)34-26-13-8-22(18-28(26)41-3)19-29(37)32-24-11-9-23(10-12-24)27(20-30(38)39)36-16-14-35(2)15-17-36;/h4-13,18,27H,14-17,19-20H2,1-3H3,(H,32,37)(H,38,39)(H2,33,34,40);1H. The van der Waals surface area contributed by atoms with E-state index < -0.39 is 12.0 Å². The number of carboxylic acids is 1. The highest BCUT2D eigenvalue weighted by molar-refractivity contribution is 6.01. The van der Waals surface area contributed by atoms with Gasteiger partial charge in [0.05, 0.1) is 25.6 Å². The SMILES string of the molecule is COc1cc(CC(=O)Nc2ccc(C(CC(=O)O)N3CCN(C)CC3)cc2)ccc1NC(=O)Nc1ccccc1C.Cl.